The maximum Gasteiger partial charge on any atom is 0.317 e. The number of benzene rings is 1. The van der Waals surface area contributed by atoms with Gasteiger partial charge in [0.15, 0.2) is 0 Å². The molecular formula is C16H19NO2. The largest absolute Gasteiger partial charge is 0.480 e. The van der Waals surface area contributed by atoms with Crippen molar-refractivity contribution in [1.29, 1.82) is 0 Å². The predicted octanol–water partition coefficient (Wildman–Crippen LogP) is 2.37. The van der Waals surface area contributed by atoms with Gasteiger partial charge in [-0.2, -0.15) is 0 Å². The molecule has 1 aliphatic carbocycles. The van der Waals surface area contributed by atoms with Crippen molar-refractivity contribution in [3.63, 3.8) is 0 Å². The van der Waals surface area contributed by atoms with E-state index in [1.54, 1.807) is 0 Å². The Morgan fingerprint density at radius 1 is 1.26 bits per heavy atom. The Bertz CT molecular complexity index is 467. The summed E-state index contributed by atoms with van der Waals surface area (Å²) in [6, 6.07) is 10.2. The van der Waals surface area contributed by atoms with Crippen molar-refractivity contribution in [2.75, 3.05) is 13.1 Å². The topological polar surface area (TPSA) is 40.5 Å². The first kappa shape index (κ1) is 13.6. The average Bonchev–Trinajstić information content (AvgIpc) is 2.92. The van der Waals surface area contributed by atoms with Gasteiger partial charge in [-0.15, -0.1) is 0 Å². The molecule has 1 aromatic carbocycles. The van der Waals surface area contributed by atoms with Crippen LogP contribution in [0.3, 0.4) is 0 Å². The monoisotopic (exact) mass is 257 g/mol. The molecule has 3 nitrogen and oxygen atoms in total. The summed E-state index contributed by atoms with van der Waals surface area (Å²) in [5.41, 5.74) is 0.976. The summed E-state index contributed by atoms with van der Waals surface area (Å²) < 4.78 is 0. The van der Waals surface area contributed by atoms with Gasteiger partial charge < -0.3 is 5.11 Å². The Hall–Kier alpha value is -1.79. The summed E-state index contributed by atoms with van der Waals surface area (Å²) in [6.07, 6.45) is 4.60. The molecule has 0 saturated heterocycles. The molecule has 19 heavy (non-hydrogen) atoms. The molecule has 0 bridgehead atoms. The molecular weight excluding hydrogens is 238 g/mol. The van der Waals surface area contributed by atoms with Crippen LogP contribution in [0.5, 0.6) is 0 Å². The Kier molecular flexibility index (Phi) is 5.00. The number of rotatable bonds is 4. The molecule has 0 spiro atoms. The zero-order chi connectivity index (χ0) is 13.5. The summed E-state index contributed by atoms with van der Waals surface area (Å²) in [7, 11) is 0. The quantitative estimate of drug-likeness (QED) is 0.842. The molecule has 100 valence electrons. The molecule has 1 aliphatic rings. The second kappa shape index (κ2) is 6.96. The van der Waals surface area contributed by atoms with Crippen LogP contribution in [0.1, 0.15) is 31.2 Å². The zero-order valence-corrected chi connectivity index (χ0v) is 11.0. The van der Waals surface area contributed by atoms with Crippen LogP contribution < -0.4 is 0 Å². The lowest BCUT2D eigenvalue weighted by molar-refractivity contribution is -0.138. The number of carboxylic acids is 1. The van der Waals surface area contributed by atoms with Crippen LogP contribution in [-0.2, 0) is 4.79 Å². The zero-order valence-electron chi connectivity index (χ0n) is 11.0. The normalized spacial score (nSPS) is 15.2. The number of hydrogen-bond donors (Lipinski definition) is 1. The second-order valence-corrected chi connectivity index (χ2v) is 4.90. The average molecular weight is 257 g/mol. The van der Waals surface area contributed by atoms with Crippen LogP contribution >= 0.6 is 0 Å². The SMILES string of the molecule is O=C(O)CN(CC#Cc1ccccc1)C1CCCC1. The smallest absolute Gasteiger partial charge is 0.317 e. The Balaban J connectivity index is 1.96. The van der Waals surface area contributed by atoms with Gasteiger partial charge >= 0.3 is 5.97 Å². The molecule has 0 aliphatic heterocycles. The van der Waals surface area contributed by atoms with E-state index in [4.69, 9.17) is 5.11 Å². The molecule has 1 aromatic rings. The number of hydrogen-bond acceptors (Lipinski definition) is 2. The third kappa shape index (κ3) is 4.42. The van der Waals surface area contributed by atoms with E-state index in [-0.39, 0.29) is 6.54 Å². The van der Waals surface area contributed by atoms with E-state index >= 15 is 0 Å². The fraction of sp³-hybridized carbons (Fsp3) is 0.438. The van der Waals surface area contributed by atoms with E-state index in [2.05, 4.69) is 11.8 Å². The molecule has 3 heteroatoms. The fourth-order valence-electron chi connectivity index (χ4n) is 2.52. The summed E-state index contributed by atoms with van der Waals surface area (Å²) in [6.45, 7) is 0.625. The van der Waals surface area contributed by atoms with Gasteiger partial charge in [-0.1, -0.05) is 42.9 Å². The Morgan fingerprint density at radius 2 is 1.95 bits per heavy atom. The van der Waals surface area contributed by atoms with E-state index in [0.29, 0.717) is 12.6 Å². The molecule has 1 N–H and O–H groups in total. The van der Waals surface area contributed by atoms with Crippen molar-refractivity contribution in [1.82, 2.24) is 4.90 Å². The minimum Gasteiger partial charge on any atom is -0.480 e. The standard InChI is InChI=1S/C16H19NO2/c18-16(19)13-17(15-10-4-5-11-15)12-6-9-14-7-2-1-3-8-14/h1-3,7-8,15H,4-5,10-13H2,(H,18,19). The molecule has 0 heterocycles. The molecule has 1 saturated carbocycles. The number of carboxylic acid groups (broad SMARTS) is 1. The molecule has 0 radical (unpaired) electrons. The highest BCUT2D eigenvalue weighted by atomic mass is 16.4. The van der Waals surface area contributed by atoms with E-state index in [0.717, 1.165) is 18.4 Å². The molecule has 0 amide bonds. The van der Waals surface area contributed by atoms with Crippen LogP contribution in [0, 0.1) is 11.8 Å². The van der Waals surface area contributed by atoms with Crippen molar-refractivity contribution >= 4 is 5.97 Å². The van der Waals surface area contributed by atoms with E-state index in [9.17, 15) is 4.79 Å². The van der Waals surface area contributed by atoms with Gasteiger partial charge in [0.1, 0.15) is 0 Å². The van der Waals surface area contributed by atoms with Gasteiger partial charge in [0.2, 0.25) is 0 Å². The molecule has 0 unspecified atom stereocenters. The van der Waals surface area contributed by atoms with Gasteiger partial charge in [0.25, 0.3) is 0 Å². The van der Waals surface area contributed by atoms with Crippen molar-refractivity contribution in [2.24, 2.45) is 0 Å². The summed E-state index contributed by atoms with van der Waals surface area (Å²) in [5, 5.41) is 8.97. The minimum absolute atomic E-state index is 0.0914. The highest BCUT2D eigenvalue weighted by Gasteiger charge is 2.23. The summed E-state index contributed by atoms with van der Waals surface area (Å²) in [4.78, 5) is 12.9. The van der Waals surface area contributed by atoms with Gasteiger partial charge in [-0.25, -0.2) is 0 Å². The third-order valence-corrected chi connectivity index (χ3v) is 3.47. The maximum atomic E-state index is 10.9. The summed E-state index contributed by atoms with van der Waals surface area (Å²) >= 11 is 0. The van der Waals surface area contributed by atoms with Crippen molar-refractivity contribution < 1.29 is 9.90 Å². The van der Waals surface area contributed by atoms with Crippen LogP contribution in [0.2, 0.25) is 0 Å². The number of aliphatic carboxylic acids is 1. The first-order chi connectivity index (χ1) is 9.25. The van der Waals surface area contributed by atoms with Crippen LogP contribution in [0.15, 0.2) is 30.3 Å². The van der Waals surface area contributed by atoms with E-state index in [1.165, 1.54) is 12.8 Å². The summed E-state index contributed by atoms with van der Waals surface area (Å²) in [5.74, 6) is 5.41. The molecule has 2 rings (SSSR count). The highest BCUT2D eigenvalue weighted by molar-refractivity contribution is 5.69. The van der Waals surface area contributed by atoms with Crippen molar-refractivity contribution in [3.8, 4) is 11.8 Å². The first-order valence-electron chi connectivity index (χ1n) is 6.75. The molecule has 0 atom stereocenters. The number of nitrogens with zero attached hydrogens (tertiary/aromatic N) is 1. The van der Waals surface area contributed by atoms with Gasteiger partial charge in [-0.05, 0) is 25.0 Å². The van der Waals surface area contributed by atoms with Gasteiger partial charge in [-0.3, -0.25) is 9.69 Å². The van der Waals surface area contributed by atoms with Gasteiger partial charge in [0.05, 0.1) is 13.1 Å². The predicted molar refractivity (Wildman–Crippen MR) is 74.8 cm³/mol. The van der Waals surface area contributed by atoms with Crippen LogP contribution in [0.4, 0.5) is 0 Å². The fourth-order valence-corrected chi connectivity index (χ4v) is 2.52. The lowest BCUT2D eigenvalue weighted by atomic mass is 10.2. The lowest BCUT2D eigenvalue weighted by Crippen LogP contribution is -2.37. The van der Waals surface area contributed by atoms with Crippen molar-refractivity contribution in [3.05, 3.63) is 35.9 Å². The van der Waals surface area contributed by atoms with Crippen LogP contribution in [0.25, 0.3) is 0 Å². The Morgan fingerprint density at radius 3 is 2.58 bits per heavy atom. The van der Waals surface area contributed by atoms with Crippen LogP contribution in [-0.4, -0.2) is 35.1 Å². The van der Waals surface area contributed by atoms with Crippen molar-refractivity contribution in [2.45, 2.75) is 31.7 Å². The van der Waals surface area contributed by atoms with E-state index in [1.807, 2.05) is 35.2 Å². The third-order valence-electron chi connectivity index (χ3n) is 3.47. The highest BCUT2D eigenvalue weighted by Crippen LogP contribution is 2.22. The lowest BCUT2D eigenvalue weighted by Gasteiger charge is -2.24. The molecule has 0 aromatic heterocycles. The maximum absolute atomic E-state index is 10.9. The number of carbonyl (C=O) groups is 1. The van der Waals surface area contributed by atoms with Gasteiger partial charge in [0, 0.05) is 11.6 Å². The Labute approximate surface area is 114 Å². The van der Waals surface area contributed by atoms with E-state index < -0.39 is 5.97 Å². The first-order valence-corrected chi connectivity index (χ1v) is 6.75. The second-order valence-electron chi connectivity index (χ2n) is 4.90. The minimum atomic E-state index is -0.770. The molecule has 1 fully saturated rings.